The summed E-state index contributed by atoms with van der Waals surface area (Å²) >= 11 is 6.07. The van der Waals surface area contributed by atoms with E-state index < -0.39 is 0 Å². The molecule has 186 valence electrons. The molecule has 0 unspecified atom stereocenters. The van der Waals surface area contributed by atoms with E-state index in [0.717, 1.165) is 63.5 Å². The van der Waals surface area contributed by atoms with Gasteiger partial charge in [0, 0.05) is 48.7 Å². The third kappa shape index (κ3) is 4.54. The molecule has 9 nitrogen and oxygen atoms in total. The highest BCUT2D eigenvalue weighted by Crippen LogP contribution is 2.28. The minimum absolute atomic E-state index is 0.191. The number of aryl methyl sites for hydroxylation is 1. The van der Waals surface area contributed by atoms with Crippen molar-refractivity contribution in [2.45, 2.75) is 25.7 Å². The van der Waals surface area contributed by atoms with Crippen molar-refractivity contribution in [2.24, 2.45) is 5.92 Å². The summed E-state index contributed by atoms with van der Waals surface area (Å²) in [5.41, 5.74) is 2.95. The maximum atomic E-state index is 13.7. The number of morpholine rings is 1. The number of hydrogen-bond acceptors (Lipinski definition) is 8. The third-order valence-corrected chi connectivity index (χ3v) is 7.31. The van der Waals surface area contributed by atoms with Crippen LogP contribution in [0.25, 0.3) is 16.6 Å². The number of nitrogens with zero attached hydrogens (tertiary/aromatic N) is 6. The van der Waals surface area contributed by atoms with Crippen LogP contribution in [0.4, 0.5) is 5.69 Å². The second kappa shape index (κ2) is 10.1. The predicted molar refractivity (Wildman–Crippen MR) is 136 cm³/mol. The Bertz CT molecular complexity index is 1390. The van der Waals surface area contributed by atoms with Gasteiger partial charge in [0.15, 0.2) is 5.82 Å². The Kier molecular flexibility index (Phi) is 6.52. The van der Waals surface area contributed by atoms with Gasteiger partial charge < -0.3 is 14.4 Å². The molecule has 2 saturated heterocycles. The number of carbonyl (C=O) groups excluding carboxylic acids is 1. The highest BCUT2D eigenvalue weighted by Gasteiger charge is 2.23. The summed E-state index contributed by atoms with van der Waals surface area (Å²) < 4.78 is 12.7. The normalized spacial score (nSPS) is 17.2. The number of fused-ring (bicyclic) bond motifs is 3. The zero-order valence-corrected chi connectivity index (χ0v) is 20.7. The molecule has 0 aliphatic carbocycles. The van der Waals surface area contributed by atoms with Crippen LogP contribution in [0.1, 0.15) is 41.1 Å². The smallest absolute Gasteiger partial charge is 0.213 e. The molecule has 0 atom stereocenters. The fourth-order valence-electron chi connectivity index (χ4n) is 4.96. The van der Waals surface area contributed by atoms with Crippen molar-refractivity contribution < 1.29 is 14.3 Å². The third-order valence-electron chi connectivity index (χ3n) is 7.06. The Labute approximate surface area is 213 Å². The Hall–Kier alpha value is -3.14. The van der Waals surface area contributed by atoms with Crippen molar-refractivity contribution in [1.82, 2.24) is 24.8 Å². The van der Waals surface area contributed by atoms with Crippen molar-refractivity contribution in [3.8, 4) is 0 Å². The fourth-order valence-corrected chi connectivity index (χ4v) is 5.08. The Morgan fingerprint density at radius 2 is 1.78 bits per heavy atom. The molecule has 4 aromatic rings. The van der Waals surface area contributed by atoms with E-state index in [1.165, 1.54) is 0 Å². The molecule has 0 radical (unpaired) electrons. The summed E-state index contributed by atoms with van der Waals surface area (Å²) in [6.07, 6.45) is 5.65. The molecule has 6 rings (SSSR count). The molecule has 10 heteroatoms. The van der Waals surface area contributed by atoms with Crippen LogP contribution in [-0.4, -0.2) is 70.1 Å². The molecule has 36 heavy (non-hydrogen) atoms. The number of ketones is 1. The minimum Gasteiger partial charge on any atom is -0.381 e. The zero-order valence-electron chi connectivity index (χ0n) is 19.9. The van der Waals surface area contributed by atoms with Crippen molar-refractivity contribution in [3.63, 3.8) is 0 Å². The molecule has 1 aromatic carbocycles. The quantitative estimate of drug-likeness (QED) is 0.365. The number of hydrogen-bond donors (Lipinski definition) is 0. The maximum absolute atomic E-state index is 13.7. The SMILES string of the molecule is O=C(c1ccc(Cl)cc1)c1nn2c(CCC3CCOCC3)nnc2c2ncc(N3CCOCC3)cc12. The molecule has 2 aliphatic rings. The average molecular weight is 507 g/mol. The molecular weight excluding hydrogens is 480 g/mol. The fraction of sp³-hybridized carbons (Fsp3) is 0.423. The lowest BCUT2D eigenvalue weighted by Crippen LogP contribution is -2.36. The van der Waals surface area contributed by atoms with Crippen LogP contribution in [0, 0.1) is 5.92 Å². The molecule has 0 saturated carbocycles. The van der Waals surface area contributed by atoms with Crippen LogP contribution < -0.4 is 4.90 Å². The molecule has 0 amide bonds. The van der Waals surface area contributed by atoms with Gasteiger partial charge in [0.1, 0.15) is 11.2 Å². The second-order valence-electron chi connectivity index (χ2n) is 9.32. The zero-order chi connectivity index (χ0) is 24.5. The predicted octanol–water partition coefficient (Wildman–Crippen LogP) is 3.75. The lowest BCUT2D eigenvalue weighted by atomic mass is 9.95. The summed E-state index contributed by atoms with van der Waals surface area (Å²) in [6.45, 7) is 4.47. The van der Waals surface area contributed by atoms with Crippen molar-refractivity contribution in [1.29, 1.82) is 0 Å². The van der Waals surface area contributed by atoms with Gasteiger partial charge >= 0.3 is 0 Å². The van der Waals surface area contributed by atoms with E-state index in [4.69, 9.17) is 31.2 Å². The molecule has 5 heterocycles. The van der Waals surface area contributed by atoms with Gasteiger partial charge in [-0.1, -0.05) is 11.6 Å². The van der Waals surface area contributed by atoms with E-state index in [2.05, 4.69) is 15.1 Å². The summed E-state index contributed by atoms with van der Waals surface area (Å²) in [7, 11) is 0. The summed E-state index contributed by atoms with van der Waals surface area (Å²) in [5, 5.41) is 14.9. The second-order valence-corrected chi connectivity index (χ2v) is 9.76. The van der Waals surface area contributed by atoms with Crippen LogP contribution in [0.15, 0.2) is 36.5 Å². The number of pyridine rings is 1. The van der Waals surface area contributed by atoms with Gasteiger partial charge in [0.05, 0.1) is 25.1 Å². The first-order chi connectivity index (χ1) is 17.7. The highest BCUT2D eigenvalue weighted by molar-refractivity contribution is 6.30. The average Bonchev–Trinajstić information content (AvgIpc) is 3.35. The van der Waals surface area contributed by atoms with Gasteiger partial charge in [0.25, 0.3) is 0 Å². The number of ether oxygens (including phenoxy) is 2. The number of benzene rings is 1. The van der Waals surface area contributed by atoms with E-state index in [1.807, 2.05) is 12.3 Å². The molecule has 3 aromatic heterocycles. The molecular formula is C26H27ClN6O3. The van der Waals surface area contributed by atoms with Gasteiger partial charge in [-0.2, -0.15) is 9.61 Å². The molecule has 2 fully saturated rings. The number of rotatable bonds is 6. The molecule has 0 spiro atoms. The van der Waals surface area contributed by atoms with E-state index in [1.54, 1.807) is 28.8 Å². The van der Waals surface area contributed by atoms with Gasteiger partial charge in [0.2, 0.25) is 11.4 Å². The van der Waals surface area contributed by atoms with E-state index >= 15 is 0 Å². The highest BCUT2D eigenvalue weighted by atomic mass is 35.5. The number of carbonyl (C=O) groups is 1. The Morgan fingerprint density at radius 1 is 1.03 bits per heavy atom. The Balaban J connectivity index is 1.44. The van der Waals surface area contributed by atoms with Crippen LogP contribution >= 0.6 is 11.6 Å². The Morgan fingerprint density at radius 3 is 2.56 bits per heavy atom. The standard InChI is InChI=1S/C26H27ClN6O3/c27-19-4-2-18(3-5-19)25(34)23-21-15-20(32-9-13-36-14-10-32)16-28-24(21)26-30-29-22(33(26)31-23)6-1-17-7-11-35-12-8-17/h2-5,15-17H,1,6-14H2. The topological polar surface area (TPSA) is 94.7 Å². The van der Waals surface area contributed by atoms with Gasteiger partial charge in [-0.25, -0.2) is 4.98 Å². The van der Waals surface area contributed by atoms with Crippen LogP contribution in [0.3, 0.4) is 0 Å². The minimum atomic E-state index is -0.191. The summed E-state index contributed by atoms with van der Waals surface area (Å²) in [4.78, 5) is 20.7. The first-order valence-electron chi connectivity index (χ1n) is 12.4. The maximum Gasteiger partial charge on any atom is 0.213 e. The summed E-state index contributed by atoms with van der Waals surface area (Å²) in [5.74, 6) is 1.14. The van der Waals surface area contributed by atoms with Gasteiger partial charge in [-0.05, 0) is 55.5 Å². The first-order valence-corrected chi connectivity index (χ1v) is 12.8. The molecule has 2 aliphatic heterocycles. The van der Waals surface area contributed by atoms with Gasteiger partial charge in [-0.15, -0.1) is 10.2 Å². The molecule has 0 N–H and O–H groups in total. The monoisotopic (exact) mass is 506 g/mol. The number of halogens is 1. The van der Waals surface area contributed by atoms with E-state index in [-0.39, 0.29) is 5.78 Å². The summed E-state index contributed by atoms with van der Waals surface area (Å²) in [6, 6.07) is 8.86. The van der Waals surface area contributed by atoms with E-state index in [9.17, 15) is 4.79 Å². The lowest BCUT2D eigenvalue weighted by molar-refractivity contribution is 0.0638. The van der Waals surface area contributed by atoms with Crippen molar-refractivity contribution in [3.05, 3.63) is 58.6 Å². The first kappa shape index (κ1) is 23.3. The van der Waals surface area contributed by atoms with Crippen LogP contribution in [0.5, 0.6) is 0 Å². The van der Waals surface area contributed by atoms with Gasteiger partial charge in [-0.3, -0.25) is 4.79 Å². The number of anilines is 1. The molecule has 0 bridgehead atoms. The van der Waals surface area contributed by atoms with Crippen molar-refractivity contribution in [2.75, 3.05) is 44.4 Å². The largest absolute Gasteiger partial charge is 0.381 e. The van der Waals surface area contributed by atoms with E-state index in [0.29, 0.717) is 52.0 Å². The van der Waals surface area contributed by atoms with Crippen LogP contribution in [-0.2, 0) is 15.9 Å². The lowest BCUT2D eigenvalue weighted by Gasteiger charge is -2.28. The number of aromatic nitrogens is 5. The van der Waals surface area contributed by atoms with Crippen molar-refractivity contribution >= 4 is 39.6 Å². The van der Waals surface area contributed by atoms with Crippen LogP contribution in [0.2, 0.25) is 5.02 Å².